The minimum atomic E-state index is -0.576. The monoisotopic (exact) mass is 242 g/mol. The number of hydrogen-bond acceptors (Lipinski definition) is 4. The van der Waals surface area contributed by atoms with Crippen LogP contribution in [0.4, 0.5) is 0 Å². The Labute approximate surface area is 102 Å². The minimum absolute atomic E-state index is 0.361. The molecule has 3 saturated heterocycles. The van der Waals surface area contributed by atoms with Gasteiger partial charge in [0.15, 0.2) is 11.6 Å². The predicted octanol–water partition coefficient (Wildman–Crippen LogP) is 1.95. The Morgan fingerprint density at radius 1 is 0.824 bits per heavy atom. The van der Waals surface area contributed by atoms with Crippen LogP contribution in [0, 0.1) is 0 Å². The maximum Gasteiger partial charge on any atom is 0.174 e. The van der Waals surface area contributed by atoms with Crippen LogP contribution in [0.3, 0.4) is 0 Å². The lowest BCUT2D eigenvalue weighted by Crippen LogP contribution is -2.57. The quantitative estimate of drug-likeness (QED) is 0.705. The van der Waals surface area contributed by atoms with E-state index in [-0.39, 0.29) is 6.10 Å². The number of aliphatic hydroxyl groups excluding tert-OH is 1. The molecule has 0 aromatic heterocycles. The molecular weight excluding hydrogens is 220 g/mol. The van der Waals surface area contributed by atoms with Gasteiger partial charge in [-0.25, -0.2) is 0 Å². The normalized spacial score (nSPS) is 47.5. The van der Waals surface area contributed by atoms with Crippen LogP contribution in [0.15, 0.2) is 0 Å². The predicted molar refractivity (Wildman–Crippen MR) is 61.4 cm³/mol. The van der Waals surface area contributed by atoms with Gasteiger partial charge in [0, 0.05) is 25.7 Å². The van der Waals surface area contributed by atoms with Crippen LogP contribution < -0.4 is 0 Å². The van der Waals surface area contributed by atoms with Crippen molar-refractivity contribution in [2.45, 2.75) is 69.0 Å². The minimum Gasteiger partial charge on any atom is -0.393 e. The average molecular weight is 242 g/mol. The van der Waals surface area contributed by atoms with Gasteiger partial charge in [0.05, 0.1) is 19.3 Å². The molecule has 3 heterocycles. The molecule has 3 aliphatic heterocycles. The first kappa shape index (κ1) is 11.9. The van der Waals surface area contributed by atoms with Gasteiger partial charge < -0.3 is 19.3 Å². The van der Waals surface area contributed by atoms with E-state index < -0.39 is 11.6 Å². The zero-order chi connectivity index (χ0) is 11.8. The van der Waals surface area contributed by atoms with E-state index in [2.05, 4.69) is 0 Å². The summed E-state index contributed by atoms with van der Waals surface area (Å²) in [5.74, 6) is -1.15. The molecule has 0 aromatic carbocycles. The first-order valence-corrected chi connectivity index (χ1v) is 6.88. The molecule has 0 amide bonds. The highest BCUT2D eigenvalue weighted by Crippen LogP contribution is 2.45. The molecule has 0 bridgehead atoms. The van der Waals surface area contributed by atoms with Gasteiger partial charge >= 0.3 is 0 Å². The van der Waals surface area contributed by atoms with E-state index in [4.69, 9.17) is 14.2 Å². The van der Waals surface area contributed by atoms with Crippen LogP contribution in [-0.2, 0) is 14.2 Å². The fourth-order valence-electron chi connectivity index (χ4n) is 3.35. The summed E-state index contributed by atoms with van der Waals surface area (Å²) in [6.07, 6.45) is 7.01. The first-order chi connectivity index (χ1) is 8.22. The van der Waals surface area contributed by atoms with E-state index in [1.165, 1.54) is 0 Å². The fraction of sp³-hybridized carbons (Fsp3) is 1.00. The van der Waals surface area contributed by atoms with Gasteiger partial charge in [-0.1, -0.05) is 0 Å². The second kappa shape index (κ2) is 4.50. The summed E-state index contributed by atoms with van der Waals surface area (Å²) in [7, 11) is 0. The molecule has 0 aliphatic carbocycles. The summed E-state index contributed by atoms with van der Waals surface area (Å²) in [5, 5.41) is 10.1. The summed E-state index contributed by atoms with van der Waals surface area (Å²) in [5.41, 5.74) is 0. The highest BCUT2D eigenvalue weighted by atomic mass is 16.8. The zero-order valence-electron chi connectivity index (χ0n) is 10.3. The fourth-order valence-corrected chi connectivity index (χ4v) is 3.35. The summed E-state index contributed by atoms with van der Waals surface area (Å²) >= 11 is 0. The molecule has 17 heavy (non-hydrogen) atoms. The topological polar surface area (TPSA) is 47.9 Å². The van der Waals surface area contributed by atoms with E-state index in [0.717, 1.165) is 51.7 Å². The zero-order valence-corrected chi connectivity index (χ0v) is 10.3. The second-order valence-electron chi connectivity index (χ2n) is 5.60. The summed E-state index contributed by atoms with van der Waals surface area (Å²) in [4.78, 5) is 0. The Morgan fingerprint density at radius 3 is 1.76 bits per heavy atom. The van der Waals surface area contributed by atoms with Gasteiger partial charge in [0.25, 0.3) is 0 Å². The standard InChI is InChI=1S/C13H22O4/c14-11-9-12(5-1-3-7-15-12)17-13(10-11)6-2-4-8-16-13/h11,14H,1-10H2/t11?,12-,13+. The lowest BCUT2D eigenvalue weighted by atomic mass is 9.88. The third kappa shape index (κ3) is 2.36. The van der Waals surface area contributed by atoms with Gasteiger partial charge in [0.2, 0.25) is 0 Å². The number of hydrogen-bond donors (Lipinski definition) is 1. The molecule has 0 radical (unpaired) electrons. The number of rotatable bonds is 0. The molecule has 4 heteroatoms. The van der Waals surface area contributed by atoms with Crippen LogP contribution in [0.2, 0.25) is 0 Å². The smallest absolute Gasteiger partial charge is 0.174 e. The summed E-state index contributed by atoms with van der Waals surface area (Å²) < 4.78 is 17.9. The third-order valence-corrected chi connectivity index (χ3v) is 4.10. The van der Waals surface area contributed by atoms with Crippen molar-refractivity contribution in [3.63, 3.8) is 0 Å². The highest BCUT2D eigenvalue weighted by Gasteiger charge is 2.51. The molecule has 0 aromatic rings. The molecule has 1 N–H and O–H groups in total. The van der Waals surface area contributed by atoms with Gasteiger partial charge in [-0.3, -0.25) is 0 Å². The Balaban J connectivity index is 1.77. The molecule has 2 spiro atoms. The number of aliphatic hydroxyl groups is 1. The molecule has 3 fully saturated rings. The molecular formula is C13H22O4. The Hall–Kier alpha value is -0.160. The molecule has 3 aliphatic rings. The summed E-state index contributed by atoms with van der Waals surface area (Å²) in [6, 6.07) is 0. The Morgan fingerprint density at radius 2 is 1.35 bits per heavy atom. The van der Waals surface area contributed by atoms with Crippen LogP contribution in [0.1, 0.15) is 51.4 Å². The lowest BCUT2D eigenvalue weighted by Gasteiger charge is -2.51. The van der Waals surface area contributed by atoms with Crippen molar-refractivity contribution in [2.75, 3.05) is 13.2 Å². The number of ether oxygens (including phenoxy) is 3. The van der Waals surface area contributed by atoms with E-state index in [1.807, 2.05) is 0 Å². The molecule has 3 rings (SSSR count). The maximum absolute atomic E-state index is 10.1. The van der Waals surface area contributed by atoms with Crippen LogP contribution in [-0.4, -0.2) is 36.0 Å². The van der Waals surface area contributed by atoms with Crippen molar-refractivity contribution >= 4 is 0 Å². The van der Waals surface area contributed by atoms with Gasteiger partial charge in [-0.2, -0.15) is 0 Å². The molecule has 4 nitrogen and oxygen atoms in total. The van der Waals surface area contributed by atoms with Crippen LogP contribution >= 0.6 is 0 Å². The molecule has 1 unspecified atom stereocenters. The van der Waals surface area contributed by atoms with Crippen molar-refractivity contribution in [2.24, 2.45) is 0 Å². The van der Waals surface area contributed by atoms with Gasteiger partial charge in [-0.05, 0) is 25.7 Å². The SMILES string of the molecule is OC1C[C@]2(CCCCO2)O[C@]2(CCCCO2)C1. The lowest BCUT2D eigenvalue weighted by molar-refractivity contribution is -0.407. The van der Waals surface area contributed by atoms with Crippen molar-refractivity contribution in [1.29, 1.82) is 0 Å². The van der Waals surface area contributed by atoms with Crippen LogP contribution in [0.25, 0.3) is 0 Å². The Bertz CT molecular complexity index is 241. The van der Waals surface area contributed by atoms with E-state index in [9.17, 15) is 5.11 Å². The van der Waals surface area contributed by atoms with Crippen LogP contribution in [0.5, 0.6) is 0 Å². The van der Waals surface area contributed by atoms with Crippen molar-refractivity contribution in [1.82, 2.24) is 0 Å². The molecule has 0 saturated carbocycles. The Kier molecular flexibility index (Phi) is 3.15. The van der Waals surface area contributed by atoms with Crippen molar-refractivity contribution in [3.05, 3.63) is 0 Å². The van der Waals surface area contributed by atoms with Crippen molar-refractivity contribution < 1.29 is 19.3 Å². The maximum atomic E-state index is 10.1. The second-order valence-corrected chi connectivity index (χ2v) is 5.60. The van der Waals surface area contributed by atoms with Gasteiger partial charge in [0.1, 0.15) is 0 Å². The van der Waals surface area contributed by atoms with E-state index in [1.54, 1.807) is 0 Å². The van der Waals surface area contributed by atoms with Crippen molar-refractivity contribution in [3.8, 4) is 0 Å². The summed E-state index contributed by atoms with van der Waals surface area (Å²) in [6.45, 7) is 1.48. The largest absolute Gasteiger partial charge is 0.393 e. The third-order valence-electron chi connectivity index (χ3n) is 4.10. The highest BCUT2D eigenvalue weighted by molar-refractivity contribution is 4.90. The average Bonchev–Trinajstić information content (AvgIpc) is 2.29. The van der Waals surface area contributed by atoms with E-state index >= 15 is 0 Å². The first-order valence-electron chi connectivity index (χ1n) is 6.88. The molecule has 3 atom stereocenters. The molecule has 98 valence electrons. The van der Waals surface area contributed by atoms with E-state index in [0.29, 0.717) is 12.8 Å². The van der Waals surface area contributed by atoms with Gasteiger partial charge in [-0.15, -0.1) is 0 Å².